The first-order chi connectivity index (χ1) is 6.53. The Morgan fingerprint density at radius 1 is 1.50 bits per heavy atom. The third-order valence-electron chi connectivity index (χ3n) is 4.04. The number of aliphatic hydroxyl groups is 1. The lowest BCUT2D eigenvalue weighted by molar-refractivity contribution is -0.0877. The maximum atomic E-state index is 10.9. The molecule has 1 unspecified atom stereocenters. The van der Waals surface area contributed by atoms with E-state index < -0.39 is 6.10 Å². The zero-order chi connectivity index (χ0) is 10.8. The predicted molar refractivity (Wildman–Crippen MR) is 56.5 cm³/mol. The summed E-state index contributed by atoms with van der Waals surface area (Å²) in [4.78, 5) is 0. The molecule has 1 radical (unpaired) electrons. The van der Waals surface area contributed by atoms with Crippen LogP contribution in [0.4, 0.5) is 0 Å². The highest BCUT2D eigenvalue weighted by atomic mass is 16.3. The van der Waals surface area contributed by atoms with E-state index in [-0.39, 0.29) is 12.0 Å². The molecule has 0 aromatic heterocycles. The molecule has 2 heteroatoms. The van der Waals surface area contributed by atoms with Crippen molar-refractivity contribution in [3.63, 3.8) is 0 Å². The second-order valence-electron chi connectivity index (χ2n) is 5.27. The number of rotatable bonds is 3. The van der Waals surface area contributed by atoms with Crippen LogP contribution in [0.5, 0.6) is 0 Å². The molecule has 0 saturated heterocycles. The van der Waals surface area contributed by atoms with E-state index in [1.54, 1.807) is 0 Å². The monoisotopic (exact) mass is 199 g/mol. The van der Waals surface area contributed by atoms with Gasteiger partial charge in [-0.3, -0.25) is 0 Å². The average Bonchev–Trinajstić information content (AvgIpc) is 2.16. The Balaban J connectivity index is 2.80. The quantitative estimate of drug-likeness (QED) is 0.745. The van der Waals surface area contributed by atoms with Crippen LogP contribution in [0.2, 0.25) is 0 Å². The van der Waals surface area contributed by atoms with E-state index in [9.17, 15) is 10.2 Å². The molecule has 1 aliphatic rings. The Morgan fingerprint density at radius 3 is 2.57 bits per heavy atom. The Bertz CT molecular complexity index is 179. The van der Waals surface area contributed by atoms with Crippen molar-refractivity contribution in [3.8, 4) is 0 Å². The lowest BCUT2D eigenvalue weighted by Crippen LogP contribution is -2.45. The van der Waals surface area contributed by atoms with Gasteiger partial charge in [0, 0.05) is 5.41 Å². The van der Waals surface area contributed by atoms with Crippen LogP contribution in [-0.2, 0) is 5.11 Å². The molecular weight excluding hydrogens is 176 g/mol. The molecule has 1 fully saturated rings. The van der Waals surface area contributed by atoms with Crippen molar-refractivity contribution in [2.24, 2.45) is 17.3 Å². The summed E-state index contributed by atoms with van der Waals surface area (Å²) in [6, 6.07) is 0. The first kappa shape index (κ1) is 12.0. The third-order valence-corrected chi connectivity index (χ3v) is 4.04. The van der Waals surface area contributed by atoms with Crippen molar-refractivity contribution in [3.05, 3.63) is 0 Å². The topological polar surface area (TPSA) is 40.1 Å². The van der Waals surface area contributed by atoms with Gasteiger partial charge in [0.25, 0.3) is 0 Å². The van der Waals surface area contributed by atoms with Crippen LogP contribution >= 0.6 is 0 Å². The molecule has 1 N–H and O–H groups in total. The van der Waals surface area contributed by atoms with Crippen LogP contribution < -0.4 is 0 Å². The van der Waals surface area contributed by atoms with Crippen molar-refractivity contribution >= 4 is 0 Å². The summed E-state index contributed by atoms with van der Waals surface area (Å²) >= 11 is 0. The summed E-state index contributed by atoms with van der Waals surface area (Å²) in [6.07, 6.45) is 3.81. The standard InChI is InChI=1S/C12H23O2/c1-9(2)12(11(14)8-13)6-4-5-10(3)7-12/h9-11,14H,4-8H2,1-3H3/t10-,11-,12?/m1/s1. The second-order valence-corrected chi connectivity index (χ2v) is 5.27. The van der Waals surface area contributed by atoms with Crippen LogP contribution in [0.3, 0.4) is 0 Å². The molecule has 3 atom stereocenters. The normalized spacial score (nSPS) is 36.0. The average molecular weight is 199 g/mol. The number of hydrogen-bond acceptors (Lipinski definition) is 1. The summed E-state index contributed by atoms with van der Waals surface area (Å²) in [5, 5.41) is 20.8. The van der Waals surface area contributed by atoms with E-state index in [1.165, 1.54) is 6.42 Å². The van der Waals surface area contributed by atoms with E-state index >= 15 is 0 Å². The Kier molecular flexibility index (Phi) is 3.96. The molecule has 1 saturated carbocycles. The summed E-state index contributed by atoms with van der Waals surface area (Å²) < 4.78 is 0. The highest BCUT2D eigenvalue weighted by Gasteiger charge is 2.43. The van der Waals surface area contributed by atoms with Gasteiger partial charge in [-0.05, 0) is 24.7 Å². The van der Waals surface area contributed by atoms with E-state index in [4.69, 9.17) is 0 Å². The summed E-state index contributed by atoms with van der Waals surface area (Å²) in [5.41, 5.74) is -0.0978. The van der Waals surface area contributed by atoms with Crippen LogP contribution in [0.1, 0.15) is 46.5 Å². The van der Waals surface area contributed by atoms with Gasteiger partial charge < -0.3 is 5.11 Å². The predicted octanol–water partition coefficient (Wildman–Crippen LogP) is 2.63. The number of hydrogen-bond donors (Lipinski definition) is 1. The van der Waals surface area contributed by atoms with E-state index in [1.807, 2.05) is 0 Å². The fourth-order valence-electron chi connectivity index (χ4n) is 3.01. The fraction of sp³-hybridized carbons (Fsp3) is 1.00. The van der Waals surface area contributed by atoms with Gasteiger partial charge in [-0.15, -0.1) is 0 Å². The molecule has 0 heterocycles. The second kappa shape index (κ2) is 4.63. The van der Waals surface area contributed by atoms with Crippen molar-refractivity contribution in [1.82, 2.24) is 0 Å². The molecule has 0 aromatic carbocycles. The molecule has 14 heavy (non-hydrogen) atoms. The maximum absolute atomic E-state index is 10.9. The molecule has 0 amide bonds. The summed E-state index contributed by atoms with van der Waals surface area (Å²) in [7, 11) is 0. The molecule has 1 aliphatic carbocycles. The molecule has 83 valence electrons. The Hall–Kier alpha value is -0.0800. The number of aliphatic hydroxyl groups excluding tert-OH is 1. The smallest absolute Gasteiger partial charge is 0.109 e. The Morgan fingerprint density at radius 2 is 2.14 bits per heavy atom. The van der Waals surface area contributed by atoms with Gasteiger partial charge >= 0.3 is 0 Å². The molecule has 0 aromatic rings. The Labute approximate surface area is 87.3 Å². The first-order valence-electron chi connectivity index (χ1n) is 5.79. The molecular formula is C12H23O2. The van der Waals surface area contributed by atoms with Crippen molar-refractivity contribution in [1.29, 1.82) is 0 Å². The highest BCUT2D eigenvalue weighted by molar-refractivity contribution is 4.92. The van der Waals surface area contributed by atoms with Crippen LogP contribution in [-0.4, -0.2) is 17.8 Å². The SMILES string of the molecule is CC(C)C1([C@H](O)C[O])CCC[C@@H](C)C1. The summed E-state index contributed by atoms with van der Waals surface area (Å²) in [6.45, 7) is 6.16. The summed E-state index contributed by atoms with van der Waals surface area (Å²) in [5.74, 6) is 1.07. The van der Waals surface area contributed by atoms with Crippen molar-refractivity contribution in [2.45, 2.75) is 52.6 Å². The lowest BCUT2D eigenvalue weighted by Gasteiger charge is -2.46. The molecule has 0 aliphatic heterocycles. The van der Waals surface area contributed by atoms with Gasteiger partial charge in [-0.1, -0.05) is 33.6 Å². The van der Waals surface area contributed by atoms with Crippen LogP contribution in [0, 0.1) is 17.3 Å². The van der Waals surface area contributed by atoms with E-state index in [0.717, 1.165) is 19.3 Å². The van der Waals surface area contributed by atoms with E-state index in [0.29, 0.717) is 11.8 Å². The lowest BCUT2D eigenvalue weighted by atomic mass is 9.61. The van der Waals surface area contributed by atoms with Crippen molar-refractivity contribution < 1.29 is 10.2 Å². The van der Waals surface area contributed by atoms with E-state index in [2.05, 4.69) is 20.8 Å². The third kappa shape index (κ3) is 2.12. The maximum Gasteiger partial charge on any atom is 0.109 e. The zero-order valence-electron chi connectivity index (χ0n) is 9.62. The zero-order valence-corrected chi connectivity index (χ0v) is 9.62. The highest BCUT2D eigenvalue weighted by Crippen LogP contribution is 2.47. The van der Waals surface area contributed by atoms with Gasteiger partial charge in [0.05, 0.1) is 6.10 Å². The van der Waals surface area contributed by atoms with Gasteiger partial charge in [0.2, 0.25) is 0 Å². The van der Waals surface area contributed by atoms with Gasteiger partial charge in [-0.2, -0.15) is 0 Å². The van der Waals surface area contributed by atoms with Crippen LogP contribution in [0.15, 0.2) is 0 Å². The van der Waals surface area contributed by atoms with Crippen LogP contribution in [0.25, 0.3) is 0 Å². The molecule has 1 rings (SSSR count). The van der Waals surface area contributed by atoms with Gasteiger partial charge in [0.1, 0.15) is 6.61 Å². The largest absolute Gasteiger partial charge is 0.390 e. The molecule has 0 bridgehead atoms. The van der Waals surface area contributed by atoms with Crippen molar-refractivity contribution in [2.75, 3.05) is 6.61 Å². The molecule has 2 nitrogen and oxygen atoms in total. The van der Waals surface area contributed by atoms with Gasteiger partial charge in [0.15, 0.2) is 0 Å². The van der Waals surface area contributed by atoms with Gasteiger partial charge in [-0.25, -0.2) is 5.11 Å². The molecule has 0 spiro atoms. The fourth-order valence-corrected chi connectivity index (χ4v) is 3.01. The minimum absolute atomic E-state index is 0.0978. The minimum atomic E-state index is -0.648. The minimum Gasteiger partial charge on any atom is -0.390 e. The first-order valence-corrected chi connectivity index (χ1v) is 5.79.